The highest BCUT2D eigenvalue weighted by atomic mass is 35.5. The molecule has 3 aromatic rings. The first-order valence-corrected chi connectivity index (χ1v) is 9.67. The fourth-order valence-electron chi connectivity index (χ4n) is 2.58. The van der Waals surface area contributed by atoms with Crippen molar-refractivity contribution in [2.45, 2.75) is 0 Å². The van der Waals surface area contributed by atoms with Crippen molar-refractivity contribution in [2.24, 2.45) is 5.10 Å². The first kappa shape index (κ1) is 21.9. The van der Waals surface area contributed by atoms with Gasteiger partial charge in [0.05, 0.1) is 13.3 Å². The molecule has 0 radical (unpaired) electrons. The van der Waals surface area contributed by atoms with Crippen LogP contribution in [0.1, 0.15) is 15.9 Å². The van der Waals surface area contributed by atoms with E-state index in [1.807, 2.05) is 18.2 Å². The van der Waals surface area contributed by atoms with Gasteiger partial charge in [0.2, 0.25) is 0 Å². The highest BCUT2D eigenvalue weighted by molar-refractivity contribution is 6.30. The summed E-state index contributed by atoms with van der Waals surface area (Å²) < 4.78 is 10.9. The van der Waals surface area contributed by atoms with Crippen LogP contribution in [0.4, 0.5) is 5.69 Å². The van der Waals surface area contributed by atoms with E-state index in [0.717, 1.165) is 0 Å². The Labute approximate surface area is 184 Å². The van der Waals surface area contributed by atoms with Gasteiger partial charge in [0.25, 0.3) is 11.8 Å². The Morgan fingerprint density at radius 2 is 1.74 bits per heavy atom. The van der Waals surface area contributed by atoms with E-state index < -0.39 is 0 Å². The fraction of sp³-hybridized carbons (Fsp3) is 0.0870. The van der Waals surface area contributed by atoms with Crippen LogP contribution in [-0.2, 0) is 4.79 Å². The lowest BCUT2D eigenvalue weighted by Crippen LogP contribution is -2.20. The van der Waals surface area contributed by atoms with Gasteiger partial charge in [-0.05, 0) is 60.2 Å². The third-order valence-electron chi connectivity index (χ3n) is 4.09. The van der Waals surface area contributed by atoms with Crippen molar-refractivity contribution in [3.63, 3.8) is 0 Å². The number of carbonyl (C=O) groups is 2. The van der Waals surface area contributed by atoms with E-state index in [9.17, 15) is 9.59 Å². The van der Waals surface area contributed by atoms with Crippen LogP contribution in [0.25, 0.3) is 0 Å². The summed E-state index contributed by atoms with van der Waals surface area (Å²) in [5.74, 6) is 0.196. The number of nitrogens with zero attached hydrogens (tertiary/aromatic N) is 1. The molecule has 0 aliphatic carbocycles. The van der Waals surface area contributed by atoms with E-state index >= 15 is 0 Å². The maximum absolute atomic E-state index is 12.1. The van der Waals surface area contributed by atoms with Gasteiger partial charge in [-0.1, -0.05) is 29.8 Å². The van der Waals surface area contributed by atoms with Crippen molar-refractivity contribution >= 4 is 35.3 Å². The maximum atomic E-state index is 12.1. The van der Waals surface area contributed by atoms with Gasteiger partial charge in [-0.15, -0.1) is 0 Å². The number of ether oxygens (including phenoxy) is 2. The molecule has 2 N–H and O–H groups in total. The zero-order valence-electron chi connectivity index (χ0n) is 16.7. The van der Waals surface area contributed by atoms with E-state index in [4.69, 9.17) is 21.1 Å². The molecule has 8 heteroatoms. The number of para-hydroxylation sites is 1. The van der Waals surface area contributed by atoms with E-state index in [1.165, 1.54) is 13.3 Å². The number of methoxy groups -OCH3 is 1. The summed E-state index contributed by atoms with van der Waals surface area (Å²) in [6.07, 6.45) is 1.47. The molecular formula is C23H20ClN3O4. The Morgan fingerprint density at radius 1 is 1.00 bits per heavy atom. The molecule has 0 saturated heterocycles. The molecular weight excluding hydrogens is 418 g/mol. The smallest absolute Gasteiger partial charge is 0.271 e. The summed E-state index contributed by atoms with van der Waals surface area (Å²) in [5, 5.41) is 7.24. The Bertz CT molecular complexity index is 1070. The largest absolute Gasteiger partial charge is 0.493 e. The molecule has 0 fully saturated rings. The predicted molar refractivity (Wildman–Crippen MR) is 120 cm³/mol. The molecule has 0 spiro atoms. The molecule has 3 rings (SSSR count). The molecule has 0 atom stereocenters. The van der Waals surface area contributed by atoms with Gasteiger partial charge in [-0.3, -0.25) is 9.59 Å². The Morgan fingerprint density at radius 3 is 2.45 bits per heavy atom. The van der Waals surface area contributed by atoms with Gasteiger partial charge in [0.1, 0.15) is 0 Å². The minimum atomic E-state index is -0.357. The van der Waals surface area contributed by atoms with Crippen molar-refractivity contribution in [3.8, 4) is 11.5 Å². The molecule has 0 saturated carbocycles. The third-order valence-corrected chi connectivity index (χ3v) is 4.34. The monoisotopic (exact) mass is 437 g/mol. The number of hydrogen-bond acceptors (Lipinski definition) is 5. The van der Waals surface area contributed by atoms with Crippen molar-refractivity contribution < 1.29 is 19.1 Å². The number of halogens is 1. The zero-order chi connectivity index (χ0) is 22.1. The molecule has 0 bridgehead atoms. The lowest BCUT2D eigenvalue weighted by Gasteiger charge is -2.11. The highest BCUT2D eigenvalue weighted by Crippen LogP contribution is 2.27. The Kier molecular flexibility index (Phi) is 7.61. The number of benzene rings is 3. The number of hydrazone groups is 1. The molecule has 0 unspecified atom stereocenters. The first-order chi connectivity index (χ1) is 15.0. The van der Waals surface area contributed by atoms with Gasteiger partial charge in [-0.25, -0.2) is 5.43 Å². The van der Waals surface area contributed by atoms with Crippen molar-refractivity contribution in [1.82, 2.24) is 5.43 Å². The summed E-state index contributed by atoms with van der Waals surface area (Å²) >= 11 is 5.81. The van der Waals surface area contributed by atoms with Crippen LogP contribution in [0.3, 0.4) is 0 Å². The van der Waals surface area contributed by atoms with E-state index in [0.29, 0.717) is 33.3 Å². The van der Waals surface area contributed by atoms with E-state index in [1.54, 1.807) is 54.6 Å². The molecule has 2 amide bonds. The van der Waals surface area contributed by atoms with E-state index in [2.05, 4.69) is 15.8 Å². The molecule has 31 heavy (non-hydrogen) atoms. The maximum Gasteiger partial charge on any atom is 0.271 e. The number of carbonyl (C=O) groups excluding carboxylic acids is 2. The van der Waals surface area contributed by atoms with Gasteiger partial charge >= 0.3 is 0 Å². The van der Waals surface area contributed by atoms with Gasteiger partial charge in [-0.2, -0.15) is 5.10 Å². The second-order valence-corrected chi connectivity index (χ2v) is 6.76. The molecule has 0 heterocycles. The summed E-state index contributed by atoms with van der Waals surface area (Å²) in [4.78, 5) is 24.1. The second-order valence-electron chi connectivity index (χ2n) is 6.32. The summed E-state index contributed by atoms with van der Waals surface area (Å²) in [5.41, 5.74) is 4.25. The van der Waals surface area contributed by atoms with Crippen LogP contribution in [0, 0.1) is 0 Å². The Hall–Kier alpha value is -3.84. The molecule has 0 aliphatic rings. The first-order valence-electron chi connectivity index (χ1n) is 9.30. The lowest BCUT2D eigenvalue weighted by molar-refractivity contribution is -0.118. The average molecular weight is 438 g/mol. The van der Waals surface area contributed by atoms with Crippen molar-refractivity contribution in [3.05, 3.63) is 88.9 Å². The molecule has 0 aromatic heterocycles. The second kappa shape index (κ2) is 10.8. The number of nitrogens with one attached hydrogen (secondary N) is 2. The van der Waals surface area contributed by atoms with E-state index in [-0.39, 0.29) is 18.4 Å². The SMILES string of the molecule is COc1cc(/C=N/NC(=O)c2ccc(Cl)cc2)ccc1OCC(=O)Nc1ccccc1. The number of anilines is 1. The molecule has 0 aliphatic heterocycles. The van der Waals surface area contributed by atoms with Crippen LogP contribution in [0.5, 0.6) is 11.5 Å². The van der Waals surface area contributed by atoms with Gasteiger partial charge < -0.3 is 14.8 Å². The quantitative estimate of drug-likeness (QED) is 0.409. The standard InChI is InChI=1S/C23H20ClN3O4/c1-30-21-13-16(14-25-27-23(29)17-8-10-18(24)11-9-17)7-12-20(21)31-15-22(28)26-19-5-3-2-4-6-19/h2-14H,15H2,1H3,(H,26,28)(H,27,29)/b25-14+. The number of amides is 2. The van der Waals surface area contributed by atoms with Crippen molar-refractivity contribution in [1.29, 1.82) is 0 Å². The van der Waals surface area contributed by atoms with Crippen molar-refractivity contribution in [2.75, 3.05) is 19.0 Å². The van der Waals surface area contributed by atoms with Crippen LogP contribution in [-0.4, -0.2) is 31.7 Å². The Balaban J connectivity index is 1.56. The fourth-order valence-corrected chi connectivity index (χ4v) is 2.70. The minimum Gasteiger partial charge on any atom is -0.493 e. The van der Waals surface area contributed by atoms with Gasteiger partial charge in [0.15, 0.2) is 18.1 Å². The highest BCUT2D eigenvalue weighted by Gasteiger charge is 2.09. The van der Waals surface area contributed by atoms with Crippen LogP contribution in [0.2, 0.25) is 5.02 Å². The summed E-state index contributed by atoms with van der Waals surface area (Å²) in [6, 6.07) is 20.7. The summed E-state index contributed by atoms with van der Waals surface area (Å²) in [6.45, 7) is -0.171. The zero-order valence-corrected chi connectivity index (χ0v) is 17.4. The third kappa shape index (κ3) is 6.58. The summed E-state index contributed by atoms with van der Waals surface area (Å²) in [7, 11) is 1.50. The van der Waals surface area contributed by atoms with Gasteiger partial charge in [0, 0.05) is 16.3 Å². The normalized spacial score (nSPS) is 10.5. The van der Waals surface area contributed by atoms with Crippen LogP contribution < -0.4 is 20.2 Å². The molecule has 7 nitrogen and oxygen atoms in total. The topological polar surface area (TPSA) is 89.0 Å². The predicted octanol–water partition coefficient (Wildman–Crippen LogP) is 4.13. The number of rotatable bonds is 8. The minimum absolute atomic E-state index is 0.171. The van der Waals surface area contributed by atoms with Crippen LogP contribution >= 0.6 is 11.6 Å². The average Bonchev–Trinajstić information content (AvgIpc) is 2.79. The molecule has 3 aromatic carbocycles. The number of hydrogen-bond donors (Lipinski definition) is 2. The molecule has 158 valence electrons. The van der Waals surface area contributed by atoms with Crippen LogP contribution in [0.15, 0.2) is 77.9 Å². The lowest BCUT2D eigenvalue weighted by atomic mass is 10.2.